The Labute approximate surface area is 106 Å². The number of ketones is 1. The van der Waals surface area contributed by atoms with E-state index in [-0.39, 0.29) is 12.2 Å². The lowest BCUT2D eigenvalue weighted by Crippen LogP contribution is -2.28. The molecule has 1 saturated carbocycles. The highest BCUT2D eigenvalue weighted by Gasteiger charge is 2.50. The van der Waals surface area contributed by atoms with E-state index in [4.69, 9.17) is 4.84 Å². The summed E-state index contributed by atoms with van der Waals surface area (Å²) in [6.07, 6.45) is -1.07. The lowest BCUT2D eigenvalue weighted by atomic mass is 9.93. The number of Topliss-reactive ketones (excluding diaryl/α,β-unsaturated/α-hetero) is 1. The van der Waals surface area contributed by atoms with Crippen molar-refractivity contribution in [2.45, 2.75) is 18.6 Å². The molecule has 0 unspecified atom stereocenters. The molecule has 3 atom stereocenters. The van der Waals surface area contributed by atoms with Crippen LogP contribution in [0.1, 0.15) is 12.0 Å². The summed E-state index contributed by atoms with van der Waals surface area (Å²) in [4.78, 5) is 16.9. The first-order valence-corrected chi connectivity index (χ1v) is 6.16. The van der Waals surface area contributed by atoms with Crippen molar-refractivity contribution in [3.8, 4) is 0 Å². The number of hydrogen-bond donors (Lipinski definition) is 1. The van der Waals surface area contributed by atoms with Crippen molar-refractivity contribution in [2.75, 3.05) is 0 Å². The number of aliphatic hydroxyl groups is 1. The number of hydrogen-bond acceptors (Lipinski definition) is 4. The minimum Gasteiger partial charge on any atom is -0.389 e. The standard InChI is InChI=1S/C12H10BrNO3/c13-7-3-1-6(2-4-7)11-10-8(15)5-9(16)12(10)17-14-11/h1-4,9-10,12,16H,5H2/t9-,10+,12+/m0/s1. The number of nitrogens with zero attached hydrogens (tertiary/aromatic N) is 1. The molecular formula is C12H10BrNO3. The zero-order valence-electron chi connectivity index (χ0n) is 8.84. The Balaban J connectivity index is 1.95. The molecule has 1 aliphatic heterocycles. The first kappa shape index (κ1) is 10.9. The van der Waals surface area contributed by atoms with Gasteiger partial charge in [-0.25, -0.2) is 0 Å². The molecule has 0 spiro atoms. The maximum atomic E-state index is 11.8. The van der Waals surface area contributed by atoms with Crippen molar-refractivity contribution in [3.05, 3.63) is 34.3 Å². The molecule has 88 valence electrons. The van der Waals surface area contributed by atoms with Gasteiger partial charge in [0.2, 0.25) is 0 Å². The summed E-state index contributed by atoms with van der Waals surface area (Å²) in [5, 5.41) is 13.6. The molecule has 5 heteroatoms. The van der Waals surface area contributed by atoms with E-state index in [1.54, 1.807) is 0 Å². The number of carbonyl (C=O) groups excluding carboxylic acids is 1. The van der Waals surface area contributed by atoms with Crippen LogP contribution in [0.4, 0.5) is 0 Å². The second kappa shape index (κ2) is 3.92. The highest BCUT2D eigenvalue weighted by atomic mass is 79.9. The molecule has 2 aliphatic rings. The van der Waals surface area contributed by atoms with Gasteiger partial charge in [0.15, 0.2) is 6.10 Å². The third-order valence-corrected chi connectivity index (χ3v) is 3.70. The second-order valence-corrected chi connectivity index (χ2v) is 5.18. The summed E-state index contributed by atoms with van der Waals surface area (Å²) >= 11 is 3.35. The molecule has 0 aromatic heterocycles. The number of benzene rings is 1. The molecular weight excluding hydrogens is 286 g/mol. The van der Waals surface area contributed by atoms with E-state index in [1.165, 1.54) is 0 Å². The van der Waals surface area contributed by atoms with Crippen LogP contribution in [0.15, 0.2) is 33.9 Å². The minimum atomic E-state index is -0.732. The van der Waals surface area contributed by atoms with Crippen molar-refractivity contribution in [1.29, 1.82) is 0 Å². The lowest BCUT2D eigenvalue weighted by molar-refractivity contribution is -0.119. The lowest BCUT2D eigenvalue weighted by Gasteiger charge is -2.10. The number of oxime groups is 1. The van der Waals surface area contributed by atoms with Crippen LogP contribution in [-0.2, 0) is 9.63 Å². The topological polar surface area (TPSA) is 58.9 Å². The first-order valence-electron chi connectivity index (χ1n) is 5.37. The predicted molar refractivity (Wildman–Crippen MR) is 64.7 cm³/mol. The van der Waals surface area contributed by atoms with Crippen LogP contribution >= 0.6 is 15.9 Å². The van der Waals surface area contributed by atoms with E-state index < -0.39 is 18.1 Å². The second-order valence-electron chi connectivity index (χ2n) is 4.27. The SMILES string of the molecule is O=C1C[C@H](O)[C@H]2ON=C(c3ccc(Br)cc3)[C@@H]12. The van der Waals surface area contributed by atoms with Gasteiger partial charge in [0, 0.05) is 16.5 Å². The first-order chi connectivity index (χ1) is 8.16. The molecule has 1 aromatic rings. The van der Waals surface area contributed by atoms with Gasteiger partial charge >= 0.3 is 0 Å². The van der Waals surface area contributed by atoms with Crippen molar-refractivity contribution in [2.24, 2.45) is 11.1 Å². The Morgan fingerprint density at radius 2 is 2.06 bits per heavy atom. The van der Waals surface area contributed by atoms with Gasteiger partial charge in [0.25, 0.3) is 0 Å². The van der Waals surface area contributed by atoms with Crippen molar-refractivity contribution < 1.29 is 14.7 Å². The molecule has 4 nitrogen and oxygen atoms in total. The van der Waals surface area contributed by atoms with Crippen LogP contribution in [0, 0.1) is 5.92 Å². The third-order valence-electron chi connectivity index (χ3n) is 3.17. The van der Waals surface area contributed by atoms with Crippen LogP contribution in [0.3, 0.4) is 0 Å². The van der Waals surface area contributed by atoms with E-state index in [1.807, 2.05) is 24.3 Å². The average Bonchev–Trinajstić information content (AvgIpc) is 2.84. The number of carbonyl (C=O) groups is 1. The molecule has 0 saturated heterocycles. The van der Waals surface area contributed by atoms with Gasteiger partial charge in [-0.1, -0.05) is 33.2 Å². The number of aliphatic hydroxyl groups excluding tert-OH is 1. The van der Waals surface area contributed by atoms with Crippen LogP contribution in [0.2, 0.25) is 0 Å². The molecule has 1 aromatic carbocycles. The largest absolute Gasteiger partial charge is 0.389 e. The third kappa shape index (κ3) is 1.70. The summed E-state index contributed by atoms with van der Waals surface area (Å²) in [6, 6.07) is 7.54. The van der Waals surface area contributed by atoms with Crippen LogP contribution in [-0.4, -0.2) is 28.8 Å². The fourth-order valence-corrected chi connectivity index (χ4v) is 2.59. The normalized spacial score (nSPS) is 31.1. The van der Waals surface area contributed by atoms with Crippen LogP contribution in [0.25, 0.3) is 0 Å². The Morgan fingerprint density at radius 3 is 2.76 bits per heavy atom. The van der Waals surface area contributed by atoms with Gasteiger partial charge in [0.05, 0.1) is 0 Å². The van der Waals surface area contributed by atoms with Gasteiger partial charge in [-0.05, 0) is 12.1 Å². The summed E-state index contributed by atoms with van der Waals surface area (Å²) in [6.45, 7) is 0. The zero-order valence-corrected chi connectivity index (χ0v) is 10.4. The Morgan fingerprint density at radius 1 is 1.35 bits per heavy atom. The molecule has 0 radical (unpaired) electrons. The van der Waals surface area contributed by atoms with E-state index >= 15 is 0 Å². The van der Waals surface area contributed by atoms with Gasteiger partial charge < -0.3 is 9.94 Å². The average molecular weight is 296 g/mol. The molecule has 1 N–H and O–H groups in total. The van der Waals surface area contributed by atoms with Crippen LogP contribution in [0.5, 0.6) is 0 Å². The fraction of sp³-hybridized carbons (Fsp3) is 0.333. The number of rotatable bonds is 1. The molecule has 0 bridgehead atoms. The smallest absolute Gasteiger partial charge is 0.169 e. The van der Waals surface area contributed by atoms with Crippen molar-refractivity contribution in [3.63, 3.8) is 0 Å². The monoisotopic (exact) mass is 295 g/mol. The van der Waals surface area contributed by atoms with E-state index in [0.717, 1.165) is 10.0 Å². The molecule has 3 rings (SSSR count). The van der Waals surface area contributed by atoms with Crippen LogP contribution < -0.4 is 0 Å². The minimum absolute atomic E-state index is 0.00155. The Hall–Kier alpha value is -1.20. The molecule has 1 fully saturated rings. The van der Waals surface area contributed by atoms with Crippen molar-refractivity contribution in [1.82, 2.24) is 0 Å². The summed E-state index contributed by atoms with van der Waals surface area (Å²) in [5.41, 5.74) is 1.49. The molecule has 1 heterocycles. The Kier molecular flexibility index (Phi) is 2.52. The number of fused-ring (bicyclic) bond motifs is 1. The predicted octanol–water partition coefficient (Wildman–Crippen LogP) is 1.50. The van der Waals surface area contributed by atoms with Gasteiger partial charge in [-0.2, -0.15) is 0 Å². The van der Waals surface area contributed by atoms with E-state index in [9.17, 15) is 9.90 Å². The van der Waals surface area contributed by atoms with Gasteiger partial charge in [0.1, 0.15) is 23.5 Å². The summed E-state index contributed by atoms with van der Waals surface area (Å²) in [7, 11) is 0. The highest BCUT2D eigenvalue weighted by Crippen LogP contribution is 2.34. The van der Waals surface area contributed by atoms with E-state index in [2.05, 4.69) is 21.1 Å². The Bertz CT molecular complexity index is 497. The van der Waals surface area contributed by atoms with Gasteiger partial charge in [-0.15, -0.1) is 0 Å². The summed E-state index contributed by atoms with van der Waals surface area (Å²) in [5.74, 6) is -0.409. The van der Waals surface area contributed by atoms with Gasteiger partial charge in [-0.3, -0.25) is 4.79 Å². The molecule has 17 heavy (non-hydrogen) atoms. The number of halogens is 1. The van der Waals surface area contributed by atoms with E-state index in [0.29, 0.717) is 5.71 Å². The quantitative estimate of drug-likeness (QED) is 0.854. The fourth-order valence-electron chi connectivity index (χ4n) is 2.32. The highest BCUT2D eigenvalue weighted by molar-refractivity contribution is 9.10. The van der Waals surface area contributed by atoms with Crippen molar-refractivity contribution >= 4 is 27.4 Å². The molecule has 1 aliphatic carbocycles. The maximum absolute atomic E-state index is 11.8. The summed E-state index contributed by atoms with van der Waals surface area (Å²) < 4.78 is 0.968. The molecule has 0 amide bonds. The zero-order chi connectivity index (χ0) is 12.0. The maximum Gasteiger partial charge on any atom is 0.169 e.